The van der Waals surface area contributed by atoms with Gasteiger partial charge >= 0.3 is 0 Å². The van der Waals surface area contributed by atoms with Crippen LogP contribution in [0.3, 0.4) is 0 Å². The van der Waals surface area contributed by atoms with E-state index in [9.17, 15) is 4.79 Å². The summed E-state index contributed by atoms with van der Waals surface area (Å²) in [7, 11) is 0. The van der Waals surface area contributed by atoms with Crippen LogP contribution in [-0.2, 0) is 0 Å². The first-order chi connectivity index (χ1) is 8.61. The number of aromatic nitrogens is 1. The zero-order valence-electron chi connectivity index (χ0n) is 10.8. The van der Waals surface area contributed by atoms with Gasteiger partial charge in [-0.1, -0.05) is 18.5 Å². The van der Waals surface area contributed by atoms with Crippen molar-refractivity contribution in [2.24, 2.45) is 0 Å². The highest BCUT2D eigenvalue weighted by Gasteiger charge is 2.26. The molecule has 1 aromatic heterocycles. The first kappa shape index (κ1) is 13.3. The molecular formula is C13H18ClN3O. The van der Waals surface area contributed by atoms with Gasteiger partial charge in [-0.25, -0.2) is 4.98 Å². The van der Waals surface area contributed by atoms with E-state index in [1.54, 1.807) is 18.3 Å². The van der Waals surface area contributed by atoms with Crippen LogP contribution in [0, 0.1) is 0 Å². The van der Waals surface area contributed by atoms with Gasteiger partial charge in [0, 0.05) is 31.9 Å². The van der Waals surface area contributed by atoms with Crippen LogP contribution in [0.15, 0.2) is 18.3 Å². The third kappa shape index (κ3) is 2.82. The minimum Gasteiger partial charge on any atom is -0.336 e. The van der Waals surface area contributed by atoms with Gasteiger partial charge in [-0.2, -0.15) is 0 Å². The third-order valence-electron chi connectivity index (χ3n) is 3.43. The summed E-state index contributed by atoms with van der Waals surface area (Å²) in [6.07, 6.45) is 1.54. The smallest absolute Gasteiger partial charge is 0.255 e. The Kier molecular flexibility index (Phi) is 4.19. The molecule has 0 aliphatic carbocycles. The third-order valence-corrected chi connectivity index (χ3v) is 3.66. The van der Waals surface area contributed by atoms with Gasteiger partial charge in [-0.3, -0.25) is 9.69 Å². The molecule has 1 saturated heterocycles. The normalized spacial score (nSPS) is 21.1. The Morgan fingerprint density at radius 3 is 2.83 bits per heavy atom. The van der Waals surface area contributed by atoms with Gasteiger partial charge in [0.25, 0.3) is 5.91 Å². The molecule has 1 unspecified atom stereocenters. The fraction of sp³-hybridized carbons (Fsp3) is 0.538. The van der Waals surface area contributed by atoms with E-state index in [-0.39, 0.29) is 5.91 Å². The van der Waals surface area contributed by atoms with E-state index in [1.165, 1.54) is 0 Å². The highest BCUT2D eigenvalue weighted by molar-refractivity contribution is 6.29. The zero-order valence-corrected chi connectivity index (χ0v) is 11.5. The Morgan fingerprint density at radius 1 is 1.50 bits per heavy atom. The Balaban J connectivity index is 2.04. The van der Waals surface area contributed by atoms with Crippen molar-refractivity contribution in [1.29, 1.82) is 0 Å². The lowest BCUT2D eigenvalue weighted by molar-refractivity contribution is 0.0528. The fourth-order valence-corrected chi connectivity index (χ4v) is 2.45. The minimum atomic E-state index is 0.0433. The van der Waals surface area contributed by atoms with E-state index in [1.807, 2.05) is 4.90 Å². The van der Waals surface area contributed by atoms with Gasteiger partial charge in [0.1, 0.15) is 5.15 Å². The number of likely N-dealkylation sites (N-methyl/N-ethyl adjacent to an activating group) is 1. The van der Waals surface area contributed by atoms with E-state index in [0.29, 0.717) is 16.8 Å². The topological polar surface area (TPSA) is 36.4 Å². The Morgan fingerprint density at radius 2 is 2.28 bits per heavy atom. The van der Waals surface area contributed by atoms with Gasteiger partial charge in [-0.15, -0.1) is 0 Å². The summed E-state index contributed by atoms with van der Waals surface area (Å²) in [5, 5.41) is 0.413. The van der Waals surface area contributed by atoms with Crippen LogP contribution in [-0.4, -0.2) is 52.9 Å². The second kappa shape index (κ2) is 5.67. The Labute approximate surface area is 113 Å². The first-order valence-electron chi connectivity index (χ1n) is 6.26. The number of pyridine rings is 1. The molecule has 0 N–H and O–H groups in total. The first-order valence-corrected chi connectivity index (χ1v) is 6.64. The standard InChI is InChI=1S/C13H18ClN3O/c1-3-16-6-7-17(9-10(16)2)13(18)11-4-5-12(14)15-8-11/h4-5,8,10H,3,6-7,9H2,1-2H3. The highest BCUT2D eigenvalue weighted by atomic mass is 35.5. The van der Waals surface area contributed by atoms with Gasteiger partial charge in [-0.05, 0) is 25.6 Å². The zero-order chi connectivity index (χ0) is 13.1. The van der Waals surface area contributed by atoms with Crippen LogP contribution in [0.4, 0.5) is 0 Å². The van der Waals surface area contributed by atoms with E-state index in [0.717, 1.165) is 26.2 Å². The summed E-state index contributed by atoms with van der Waals surface area (Å²) in [6.45, 7) is 7.82. The van der Waals surface area contributed by atoms with E-state index < -0.39 is 0 Å². The molecule has 0 saturated carbocycles. The molecule has 0 aromatic carbocycles. The Bertz CT molecular complexity index is 421. The van der Waals surface area contributed by atoms with Crippen LogP contribution in [0.5, 0.6) is 0 Å². The molecule has 4 nitrogen and oxygen atoms in total. The molecule has 1 atom stereocenters. The predicted molar refractivity (Wildman–Crippen MR) is 71.9 cm³/mol. The quantitative estimate of drug-likeness (QED) is 0.768. The van der Waals surface area contributed by atoms with Crippen molar-refractivity contribution in [3.05, 3.63) is 29.0 Å². The maximum absolute atomic E-state index is 12.3. The molecule has 0 radical (unpaired) electrons. The molecule has 98 valence electrons. The van der Waals surface area contributed by atoms with Crippen molar-refractivity contribution >= 4 is 17.5 Å². The number of piperazine rings is 1. The van der Waals surface area contributed by atoms with Crippen LogP contribution < -0.4 is 0 Å². The molecule has 2 rings (SSSR count). The summed E-state index contributed by atoms with van der Waals surface area (Å²) in [6, 6.07) is 3.79. The summed E-state index contributed by atoms with van der Waals surface area (Å²) in [5.41, 5.74) is 0.608. The summed E-state index contributed by atoms with van der Waals surface area (Å²) in [5.74, 6) is 0.0433. The molecule has 2 heterocycles. The monoisotopic (exact) mass is 267 g/mol. The molecule has 1 fully saturated rings. The number of hydrogen-bond acceptors (Lipinski definition) is 3. The van der Waals surface area contributed by atoms with Gasteiger partial charge in [0.05, 0.1) is 5.56 Å². The van der Waals surface area contributed by atoms with Crippen molar-refractivity contribution in [2.75, 3.05) is 26.2 Å². The van der Waals surface area contributed by atoms with E-state index in [2.05, 4.69) is 23.7 Å². The minimum absolute atomic E-state index is 0.0433. The Hall–Kier alpha value is -1.13. The second-order valence-corrected chi connectivity index (χ2v) is 4.99. The van der Waals surface area contributed by atoms with Crippen LogP contribution in [0.1, 0.15) is 24.2 Å². The van der Waals surface area contributed by atoms with Crippen molar-refractivity contribution < 1.29 is 4.79 Å². The molecule has 1 aliphatic heterocycles. The number of carbonyl (C=O) groups excluding carboxylic acids is 1. The number of amides is 1. The van der Waals surface area contributed by atoms with Crippen LogP contribution in [0.25, 0.3) is 0 Å². The second-order valence-electron chi connectivity index (χ2n) is 4.60. The molecule has 1 aliphatic rings. The SMILES string of the molecule is CCN1CCN(C(=O)c2ccc(Cl)nc2)CC1C. The van der Waals surface area contributed by atoms with Crippen molar-refractivity contribution in [2.45, 2.75) is 19.9 Å². The highest BCUT2D eigenvalue weighted by Crippen LogP contribution is 2.13. The molecule has 0 spiro atoms. The number of nitrogens with zero attached hydrogens (tertiary/aromatic N) is 3. The van der Waals surface area contributed by atoms with Crippen molar-refractivity contribution in [1.82, 2.24) is 14.8 Å². The number of rotatable bonds is 2. The molecular weight excluding hydrogens is 250 g/mol. The molecule has 0 bridgehead atoms. The lowest BCUT2D eigenvalue weighted by Crippen LogP contribution is -2.53. The van der Waals surface area contributed by atoms with Crippen molar-refractivity contribution in [3.63, 3.8) is 0 Å². The lowest BCUT2D eigenvalue weighted by Gasteiger charge is -2.39. The predicted octanol–water partition coefficient (Wildman–Crippen LogP) is 1.90. The van der Waals surface area contributed by atoms with Crippen LogP contribution >= 0.6 is 11.6 Å². The van der Waals surface area contributed by atoms with E-state index in [4.69, 9.17) is 11.6 Å². The molecule has 1 aromatic rings. The summed E-state index contributed by atoms with van der Waals surface area (Å²) in [4.78, 5) is 20.5. The van der Waals surface area contributed by atoms with Gasteiger partial charge in [0.2, 0.25) is 0 Å². The molecule has 18 heavy (non-hydrogen) atoms. The van der Waals surface area contributed by atoms with Gasteiger partial charge < -0.3 is 4.90 Å². The largest absolute Gasteiger partial charge is 0.336 e. The maximum atomic E-state index is 12.3. The van der Waals surface area contributed by atoms with Crippen molar-refractivity contribution in [3.8, 4) is 0 Å². The average Bonchev–Trinajstić information content (AvgIpc) is 2.38. The lowest BCUT2D eigenvalue weighted by atomic mass is 10.1. The summed E-state index contributed by atoms with van der Waals surface area (Å²) >= 11 is 5.72. The molecule has 5 heteroatoms. The summed E-state index contributed by atoms with van der Waals surface area (Å²) < 4.78 is 0. The fourth-order valence-electron chi connectivity index (χ4n) is 2.33. The number of halogens is 1. The maximum Gasteiger partial charge on any atom is 0.255 e. The van der Waals surface area contributed by atoms with Gasteiger partial charge in [0.15, 0.2) is 0 Å². The molecule has 1 amide bonds. The number of hydrogen-bond donors (Lipinski definition) is 0. The number of carbonyl (C=O) groups is 1. The van der Waals surface area contributed by atoms with Crippen LogP contribution in [0.2, 0.25) is 5.15 Å². The average molecular weight is 268 g/mol. The van der Waals surface area contributed by atoms with E-state index >= 15 is 0 Å².